The Hall–Kier alpha value is -1.33. The van der Waals surface area contributed by atoms with Crippen molar-refractivity contribution in [3.63, 3.8) is 0 Å². The highest BCUT2D eigenvalue weighted by Gasteiger charge is 2.15. The number of hydrogen-bond donors (Lipinski definition) is 2. The molecule has 0 aliphatic carbocycles. The molecule has 0 saturated carbocycles. The second kappa shape index (κ2) is 5.12. The fourth-order valence-corrected chi connectivity index (χ4v) is 2.42. The van der Waals surface area contributed by atoms with Gasteiger partial charge in [-0.3, -0.25) is 4.79 Å². The number of carbonyl (C=O) groups is 1. The standard InChI is InChI=1S/C13H10Br2N2O/c14-11-9(5-6-10(17)12(11)15)13(18)7-1-3-8(16)4-2-7/h1-6H,16-17H2. The lowest BCUT2D eigenvalue weighted by molar-refractivity contribution is 0.103. The second-order valence-corrected chi connectivity index (χ2v) is 5.37. The number of nitrogen functional groups attached to an aromatic ring is 2. The van der Waals surface area contributed by atoms with E-state index in [4.69, 9.17) is 11.5 Å². The van der Waals surface area contributed by atoms with E-state index in [1.165, 1.54) is 0 Å². The van der Waals surface area contributed by atoms with Crippen LogP contribution < -0.4 is 11.5 Å². The number of carbonyl (C=O) groups excluding carboxylic acids is 1. The zero-order chi connectivity index (χ0) is 13.3. The molecule has 0 spiro atoms. The zero-order valence-corrected chi connectivity index (χ0v) is 12.5. The van der Waals surface area contributed by atoms with Crippen molar-refractivity contribution in [3.05, 3.63) is 56.5 Å². The third-order valence-corrected chi connectivity index (χ3v) is 4.74. The molecule has 2 rings (SSSR count). The van der Waals surface area contributed by atoms with E-state index in [0.29, 0.717) is 31.4 Å². The lowest BCUT2D eigenvalue weighted by atomic mass is 10.0. The largest absolute Gasteiger partial charge is 0.399 e. The van der Waals surface area contributed by atoms with Crippen LogP contribution in [0.1, 0.15) is 15.9 Å². The number of hydrogen-bond acceptors (Lipinski definition) is 3. The van der Waals surface area contributed by atoms with Crippen LogP contribution in [0.5, 0.6) is 0 Å². The van der Waals surface area contributed by atoms with Crippen LogP contribution in [0.3, 0.4) is 0 Å². The van der Waals surface area contributed by atoms with E-state index in [1.807, 2.05) is 0 Å². The van der Waals surface area contributed by atoms with Crippen LogP contribution >= 0.6 is 31.9 Å². The molecule has 0 atom stereocenters. The summed E-state index contributed by atoms with van der Waals surface area (Å²) in [7, 11) is 0. The summed E-state index contributed by atoms with van der Waals surface area (Å²) in [6, 6.07) is 10.2. The number of ketones is 1. The summed E-state index contributed by atoms with van der Waals surface area (Å²) in [5.41, 5.74) is 13.7. The summed E-state index contributed by atoms with van der Waals surface area (Å²) in [6.07, 6.45) is 0. The summed E-state index contributed by atoms with van der Waals surface area (Å²) in [5, 5.41) is 0. The average molecular weight is 370 g/mol. The molecule has 0 heterocycles. The van der Waals surface area contributed by atoms with Gasteiger partial charge in [-0.25, -0.2) is 0 Å². The van der Waals surface area contributed by atoms with Gasteiger partial charge in [0.05, 0.1) is 4.47 Å². The zero-order valence-electron chi connectivity index (χ0n) is 9.28. The molecule has 0 unspecified atom stereocenters. The van der Waals surface area contributed by atoms with E-state index in [0.717, 1.165) is 0 Å². The molecule has 0 bridgehead atoms. The molecule has 2 aromatic rings. The van der Waals surface area contributed by atoms with Crippen LogP contribution in [0.2, 0.25) is 0 Å². The molecule has 0 amide bonds. The highest BCUT2D eigenvalue weighted by molar-refractivity contribution is 9.13. The third kappa shape index (κ3) is 2.42. The van der Waals surface area contributed by atoms with Crippen LogP contribution in [0.25, 0.3) is 0 Å². The molecule has 4 N–H and O–H groups in total. The highest BCUT2D eigenvalue weighted by Crippen LogP contribution is 2.33. The minimum Gasteiger partial charge on any atom is -0.399 e. The Morgan fingerprint density at radius 3 is 2.11 bits per heavy atom. The smallest absolute Gasteiger partial charge is 0.194 e. The predicted octanol–water partition coefficient (Wildman–Crippen LogP) is 3.61. The Morgan fingerprint density at radius 2 is 1.50 bits per heavy atom. The van der Waals surface area contributed by atoms with Crippen molar-refractivity contribution in [1.82, 2.24) is 0 Å². The van der Waals surface area contributed by atoms with Gasteiger partial charge in [-0.2, -0.15) is 0 Å². The minimum atomic E-state index is -0.0809. The Labute approximate surface area is 121 Å². The van der Waals surface area contributed by atoms with E-state index in [2.05, 4.69) is 31.9 Å². The van der Waals surface area contributed by atoms with E-state index >= 15 is 0 Å². The van der Waals surface area contributed by atoms with Crippen molar-refractivity contribution < 1.29 is 4.79 Å². The fourth-order valence-electron chi connectivity index (χ4n) is 1.53. The third-order valence-electron chi connectivity index (χ3n) is 2.53. The first kappa shape index (κ1) is 13.1. The fraction of sp³-hybridized carbons (Fsp3) is 0. The van der Waals surface area contributed by atoms with Gasteiger partial charge in [0.25, 0.3) is 0 Å². The lowest BCUT2D eigenvalue weighted by Gasteiger charge is -2.08. The summed E-state index contributed by atoms with van der Waals surface area (Å²) < 4.78 is 1.34. The molecule has 0 aliphatic heterocycles. The second-order valence-electron chi connectivity index (χ2n) is 3.78. The SMILES string of the molecule is Nc1ccc(C(=O)c2ccc(N)c(Br)c2Br)cc1. The molecule has 18 heavy (non-hydrogen) atoms. The van der Waals surface area contributed by atoms with Crippen LogP contribution in [-0.2, 0) is 0 Å². The number of rotatable bonds is 2. The van der Waals surface area contributed by atoms with Crippen LogP contribution in [-0.4, -0.2) is 5.78 Å². The monoisotopic (exact) mass is 368 g/mol. The van der Waals surface area contributed by atoms with Crippen LogP contribution in [0.15, 0.2) is 45.3 Å². The first-order chi connectivity index (χ1) is 8.50. The van der Waals surface area contributed by atoms with Crippen LogP contribution in [0.4, 0.5) is 11.4 Å². The Balaban J connectivity index is 2.46. The molecular weight excluding hydrogens is 360 g/mol. The van der Waals surface area contributed by atoms with Gasteiger partial charge >= 0.3 is 0 Å². The predicted molar refractivity (Wildman–Crippen MR) is 80.5 cm³/mol. The molecule has 92 valence electrons. The Bertz CT molecular complexity index is 609. The van der Waals surface area contributed by atoms with E-state index < -0.39 is 0 Å². The van der Waals surface area contributed by atoms with E-state index in [1.54, 1.807) is 36.4 Å². The molecule has 0 saturated heterocycles. The van der Waals surface area contributed by atoms with Crippen molar-refractivity contribution in [2.75, 3.05) is 11.5 Å². The number of halogens is 2. The van der Waals surface area contributed by atoms with Gasteiger partial charge in [0.1, 0.15) is 0 Å². The maximum atomic E-state index is 12.3. The first-order valence-corrected chi connectivity index (χ1v) is 6.73. The summed E-state index contributed by atoms with van der Waals surface area (Å²) >= 11 is 6.71. The molecule has 0 radical (unpaired) electrons. The van der Waals surface area contributed by atoms with Crippen molar-refractivity contribution in [2.45, 2.75) is 0 Å². The van der Waals surface area contributed by atoms with E-state index in [-0.39, 0.29) is 5.78 Å². The van der Waals surface area contributed by atoms with Gasteiger partial charge in [0.2, 0.25) is 0 Å². The summed E-state index contributed by atoms with van der Waals surface area (Å²) in [5.74, 6) is -0.0809. The molecule has 2 aromatic carbocycles. The minimum absolute atomic E-state index is 0.0809. The molecular formula is C13H10Br2N2O. The Kier molecular flexibility index (Phi) is 3.73. The van der Waals surface area contributed by atoms with Crippen molar-refractivity contribution in [1.29, 1.82) is 0 Å². The Morgan fingerprint density at radius 1 is 0.889 bits per heavy atom. The first-order valence-electron chi connectivity index (χ1n) is 5.14. The van der Waals surface area contributed by atoms with Gasteiger partial charge in [0, 0.05) is 27.0 Å². The maximum absolute atomic E-state index is 12.3. The summed E-state index contributed by atoms with van der Waals surface area (Å²) in [6.45, 7) is 0. The van der Waals surface area contributed by atoms with E-state index in [9.17, 15) is 4.79 Å². The highest BCUT2D eigenvalue weighted by atomic mass is 79.9. The van der Waals surface area contributed by atoms with Crippen molar-refractivity contribution in [2.24, 2.45) is 0 Å². The topological polar surface area (TPSA) is 69.1 Å². The number of benzene rings is 2. The van der Waals surface area contributed by atoms with Gasteiger partial charge in [-0.15, -0.1) is 0 Å². The van der Waals surface area contributed by atoms with Gasteiger partial charge in [0.15, 0.2) is 5.78 Å². The average Bonchev–Trinajstić information content (AvgIpc) is 2.36. The van der Waals surface area contributed by atoms with Gasteiger partial charge in [-0.1, -0.05) is 0 Å². The molecule has 0 fully saturated rings. The maximum Gasteiger partial charge on any atom is 0.194 e. The van der Waals surface area contributed by atoms with Gasteiger partial charge in [-0.05, 0) is 68.3 Å². The molecule has 0 aliphatic rings. The van der Waals surface area contributed by atoms with Crippen molar-refractivity contribution in [3.8, 4) is 0 Å². The normalized spacial score (nSPS) is 10.3. The van der Waals surface area contributed by atoms with Crippen LogP contribution in [0, 0.1) is 0 Å². The van der Waals surface area contributed by atoms with Crippen molar-refractivity contribution >= 4 is 49.0 Å². The molecule has 0 aromatic heterocycles. The molecule has 5 heteroatoms. The lowest BCUT2D eigenvalue weighted by Crippen LogP contribution is -2.04. The number of anilines is 2. The quantitative estimate of drug-likeness (QED) is 0.627. The van der Waals surface area contributed by atoms with Gasteiger partial charge < -0.3 is 11.5 Å². The molecule has 3 nitrogen and oxygen atoms in total. The summed E-state index contributed by atoms with van der Waals surface area (Å²) in [4.78, 5) is 12.3. The number of nitrogens with two attached hydrogens (primary N) is 2.